The second-order valence-corrected chi connectivity index (χ2v) is 12.9. The van der Waals surface area contributed by atoms with E-state index in [0.29, 0.717) is 0 Å². The standard InChI is InChI=1S/C39H44/c1-16-17(2)23(8)33-30-15-31-34-24(9)18(3)19(4)25(10)36(34)37-26(11)20(5)21(6)27(12)38(37)39(31)35(30)29(14)28(13)32(33)22(16)7/h15H2,1-14H3. The molecule has 0 radical (unpaired) electrons. The van der Waals surface area contributed by atoms with Crippen LogP contribution in [0.5, 0.6) is 0 Å². The fraction of sp³-hybridized carbons (Fsp3) is 0.385. The molecule has 0 aromatic heterocycles. The summed E-state index contributed by atoms with van der Waals surface area (Å²) >= 11 is 0. The first-order valence-electron chi connectivity index (χ1n) is 14.7. The van der Waals surface area contributed by atoms with E-state index >= 15 is 0 Å². The van der Waals surface area contributed by atoms with E-state index in [0.717, 1.165) is 6.42 Å². The van der Waals surface area contributed by atoms with E-state index in [-0.39, 0.29) is 0 Å². The highest BCUT2D eigenvalue weighted by Gasteiger charge is 2.33. The first kappa shape index (κ1) is 26.1. The van der Waals surface area contributed by atoms with Crippen LogP contribution < -0.4 is 0 Å². The number of hydrogen-bond acceptors (Lipinski definition) is 0. The molecular formula is C39H44. The van der Waals surface area contributed by atoms with Crippen molar-refractivity contribution in [2.24, 2.45) is 0 Å². The van der Waals surface area contributed by atoms with Gasteiger partial charge in [0.2, 0.25) is 0 Å². The lowest BCUT2D eigenvalue weighted by Crippen LogP contribution is -2.03. The molecule has 1 aliphatic rings. The van der Waals surface area contributed by atoms with Crippen LogP contribution >= 0.6 is 0 Å². The Kier molecular flexibility index (Phi) is 5.49. The molecule has 0 heterocycles. The molecule has 6 rings (SSSR count). The van der Waals surface area contributed by atoms with Gasteiger partial charge in [-0.15, -0.1) is 0 Å². The van der Waals surface area contributed by atoms with Gasteiger partial charge in [-0.2, -0.15) is 0 Å². The summed E-state index contributed by atoms with van der Waals surface area (Å²) in [5.74, 6) is 0. The summed E-state index contributed by atoms with van der Waals surface area (Å²) < 4.78 is 0. The van der Waals surface area contributed by atoms with Crippen molar-refractivity contribution in [3.63, 3.8) is 0 Å². The van der Waals surface area contributed by atoms with Crippen LogP contribution in [0.3, 0.4) is 0 Å². The summed E-state index contributed by atoms with van der Waals surface area (Å²) in [5.41, 5.74) is 26.5. The van der Waals surface area contributed by atoms with Gasteiger partial charge in [-0.05, 0) is 236 Å². The van der Waals surface area contributed by atoms with Gasteiger partial charge in [-0.3, -0.25) is 0 Å². The Bertz CT molecular complexity index is 1990. The van der Waals surface area contributed by atoms with Crippen molar-refractivity contribution in [3.8, 4) is 11.1 Å². The van der Waals surface area contributed by atoms with E-state index in [2.05, 4.69) is 96.9 Å². The lowest BCUT2D eigenvalue weighted by molar-refractivity contribution is 1.21. The Hall–Kier alpha value is -3.12. The fourth-order valence-corrected chi connectivity index (χ4v) is 8.25. The van der Waals surface area contributed by atoms with Gasteiger partial charge in [0.15, 0.2) is 0 Å². The Morgan fingerprint density at radius 3 is 0.974 bits per heavy atom. The third kappa shape index (κ3) is 2.96. The van der Waals surface area contributed by atoms with Gasteiger partial charge in [0.25, 0.3) is 0 Å². The lowest BCUT2D eigenvalue weighted by atomic mass is 9.79. The molecule has 0 unspecified atom stereocenters. The van der Waals surface area contributed by atoms with Crippen LogP contribution in [0.15, 0.2) is 0 Å². The lowest BCUT2D eigenvalue weighted by Gasteiger charge is -2.25. The molecule has 0 N–H and O–H groups in total. The molecule has 200 valence electrons. The van der Waals surface area contributed by atoms with Crippen molar-refractivity contribution >= 4 is 32.3 Å². The molecule has 0 saturated carbocycles. The first-order chi connectivity index (χ1) is 18.2. The smallest absolute Gasteiger partial charge is 0.0000568 e. The van der Waals surface area contributed by atoms with Crippen molar-refractivity contribution in [1.82, 2.24) is 0 Å². The van der Waals surface area contributed by atoms with Crippen molar-refractivity contribution in [3.05, 3.63) is 89.0 Å². The van der Waals surface area contributed by atoms with E-state index < -0.39 is 0 Å². The molecule has 0 bridgehead atoms. The second-order valence-electron chi connectivity index (χ2n) is 12.9. The average molecular weight is 513 g/mol. The maximum atomic E-state index is 2.39. The Labute approximate surface area is 235 Å². The van der Waals surface area contributed by atoms with Gasteiger partial charge in [-0.25, -0.2) is 0 Å². The van der Waals surface area contributed by atoms with Gasteiger partial charge >= 0.3 is 0 Å². The molecule has 0 spiro atoms. The quantitative estimate of drug-likeness (QED) is 0.178. The highest BCUT2D eigenvalue weighted by Crippen LogP contribution is 2.54. The molecule has 5 aromatic carbocycles. The zero-order valence-electron chi connectivity index (χ0n) is 26.7. The third-order valence-corrected chi connectivity index (χ3v) is 11.7. The SMILES string of the molecule is Cc1c(C)c(C)c2c3c(c(C)c(C)c2c1C)-c1c(c2c(C)c(C)c(C)c(C)c2c2c(C)c(C)c(C)c(C)c12)C3. The summed E-state index contributed by atoms with van der Waals surface area (Å²) in [6.07, 6.45) is 1.02. The van der Waals surface area contributed by atoms with Gasteiger partial charge in [0, 0.05) is 0 Å². The first-order valence-corrected chi connectivity index (χ1v) is 14.7. The summed E-state index contributed by atoms with van der Waals surface area (Å²) in [6.45, 7) is 32.9. The number of hydrogen-bond donors (Lipinski definition) is 0. The summed E-state index contributed by atoms with van der Waals surface area (Å²) in [6, 6.07) is 0. The van der Waals surface area contributed by atoms with Gasteiger partial charge in [0.05, 0.1) is 0 Å². The Morgan fingerprint density at radius 1 is 0.231 bits per heavy atom. The van der Waals surface area contributed by atoms with E-state index in [1.807, 2.05) is 0 Å². The topological polar surface area (TPSA) is 0 Å². The molecule has 0 aliphatic heterocycles. The predicted octanol–water partition coefficient (Wildman–Crippen LogP) is 11.0. The molecule has 0 heteroatoms. The third-order valence-electron chi connectivity index (χ3n) is 11.7. The number of aryl methyl sites for hydroxylation is 7. The highest BCUT2D eigenvalue weighted by molar-refractivity contribution is 6.23. The largest absolute Gasteiger partial charge is 0.0444 e. The minimum atomic E-state index is 1.02. The van der Waals surface area contributed by atoms with Crippen molar-refractivity contribution < 1.29 is 0 Å². The molecular weight excluding hydrogens is 468 g/mol. The maximum Gasteiger partial charge on any atom is -0.0000568 e. The normalized spacial score (nSPS) is 12.8. The van der Waals surface area contributed by atoms with Crippen LogP contribution in [0.1, 0.15) is 89.0 Å². The van der Waals surface area contributed by atoms with Crippen molar-refractivity contribution in [1.29, 1.82) is 0 Å². The molecule has 39 heavy (non-hydrogen) atoms. The average Bonchev–Trinajstić information content (AvgIpc) is 3.30. The zero-order chi connectivity index (χ0) is 28.6. The highest BCUT2D eigenvalue weighted by atomic mass is 14.4. The number of fused-ring (bicyclic) bond motifs is 10. The van der Waals surface area contributed by atoms with E-state index in [1.54, 1.807) is 11.1 Å². The summed E-state index contributed by atoms with van der Waals surface area (Å²) in [7, 11) is 0. The molecule has 0 fully saturated rings. The predicted molar refractivity (Wildman–Crippen MR) is 174 cm³/mol. The van der Waals surface area contributed by atoms with Crippen LogP contribution in [0.4, 0.5) is 0 Å². The van der Waals surface area contributed by atoms with Crippen molar-refractivity contribution in [2.45, 2.75) is 103 Å². The van der Waals surface area contributed by atoms with Crippen molar-refractivity contribution in [2.75, 3.05) is 0 Å². The van der Waals surface area contributed by atoms with Crippen LogP contribution in [0.2, 0.25) is 0 Å². The number of benzene rings is 5. The minimum Gasteiger partial charge on any atom is -0.0444 e. The maximum absolute atomic E-state index is 2.39. The molecule has 1 aliphatic carbocycles. The summed E-state index contributed by atoms with van der Waals surface area (Å²) in [5, 5.41) is 9.02. The Morgan fingerprint density at radius 2 is 0.513 bits per heavy atom. The number of rotatable bonds is 0. The summed E-state index contributed by atoms with van der Waals surface area (Å²) in [4.78, 5) is 0. The monoisotopic (exact) mass is 512 g/mol. The molecule has 0 amide bonds. The molecule has 5 aromatic rings. The molecule has 0 atom stereocenters. The van der Waals surface area contributed by atoms with E-state index in [4.69, 9.17) is 0 Å². The minimum absolute atomic E-state index is 1.02. The van der Waals surface area contributed by atoms with Crippen LogP contribution in [-0.2, 0) is 6.42 Å². The van der Waals surface area contributed by atoms with Gasteiger partial charge in [0.1, 0.15) is 0 Å². The van der Waals surface area contributed by atoms with Gasteiger partial charge in [-0.1, -0.05) is 0 Å². The fourth-order valence-electron chi connectivity index (χ4n) is 8.25. The van der Waals surface area contributed by atoms with Crippen LogP contribution in [0, 0.1) is 96.9 Å². The van der Waals surface area contributed by atoms with Crippen LogP contribution in [0.25, 0.3) is 43.4 Å². The molecule has 0 nitrogen and oxygen atoms in total. The van der Waals surface area contributed by atoms with E-state index in [1.165, 1.54) is 121 Å². The molecule has 0 saturated heterocycles. The zero-order valence-corrected chi connectivity index (χ0v) is 26.7. The second kappa shape index (κ2) is 8.20. The van der Waals surface area contributed by atoms with E-state index in [9.17, 15) is 0 Å². The van der Waals surface area contributed by atoms with Crippen LogP contribution in [-0.4, -0.2) is 0 Å². The van der Waals surface area contributed by atoms with Gasteiger partial charge < -0.3 is 0 Å². The Balaban J connectivity index is 2.01.